The second-order valence-corrected chi connectivity index (χ2v) is 10.7. The van der Waals surface area contributed by atoms with Gasteiger partial charge in [-0.05, 0) is 67.2 Å². The first-order valence-corrected chi connectivity index (χ1v) is 14.0. The number of hydrogen-bond donors (Lipinski definition) is 2. The number of ether oxygens (including phenoxy) is 1. The average molecular weight is 653 g/mol. The van der Waals surface area contributed by atoms with E-state index in [1.165, 1.54) is 11.1 Å². The minimum atomic E-state index is -1.01. The molecule has 0 saturated heterocycles. The highest BCUT2D eigenvalue weighted by Crippen LogP contribution is 2.38. The number of nitrogens with one attached hydrogen (secondary N) is 2. The molecule has 0 bridgehead atoms. The Morgan fingerprint density at radius 1 is 1.10 bits per heavy atom. The lowest BCUT2D eigenvalue weighted by atomic mass is 10.0. The van der Waals surface area contributed by atoms with Crippen molar-refractivity contribution in [3.05, 3.63) is 94.7 Å². The van der Waals surface area contributed by atoms with Gasteiger partial charge in [0.15, 0.2) is 0 Å². The second-order valence-electron chi connectivity index (χ2n) is 9.75. The van der Waals surface area contributed by atoms with E-state index in [1.54, 1.807) is 44.3 Å². The van der Waals surface area contributed by atoms with Crippen LogP contribution in [0, 0.1) is 0 Å². The average Bonchev–Trinajstić information content (AvgIpc) is 3.11. The molecule has 0 spiro atoms. The van der Waals surface area contributed by atoms with Gasteiger partial charge < -0.3 is 25.2 Å². The molecule has 0 saturated carbocycles. The van der Waals surface area contributed by atoms with Crippen molar-refractivity contribution in [3.63, 3.8) is 0 Å². The Balaban J connectivity index is 0.00000405. The van der Waals surface area contributed by atoms with Gasteiger partial charge in [-0.25, -0.2) is 0 Å². The van der Waals surface area contributed by atoms with E-state index in [0.717, 1.165) is 20.8 Å². The topological polar surface area (TPSA) is 104 Å². The highest BCUT2D eigenvalue weighted by atomic mass is 79.9. The first kappa shape index (κ1) is 31.0. The fourth-order valence-electron chi connectivity index (χ4n) is 4.98. The van der Waals surface area contributed by atoms with Crippen LogP contribution in [0.4, 0.5) is 11.4 Å². The Hall–Kier alpha value is -3.99. The lowest BCUT2D eigenvalue weighted by Gasteiger charge is -2.27. The minimum Gasteiger partial charge on any atom is -0.496 e. The maximum atomic E-state index is 14.3. The zero-order valence-electron chi connectivity index (χ0n) is 23.3. The molecule has 2 unspecified atom stereocenters. The molecule has 1 aromatic heterocycles. The molecule has 11 heteroatoms. The van der Waals surface area contributed by atoms with Crippen LogP contribution in [-0.4, -0.2) is 55.5 Å². The molecule has 2 atom stereocenters. The van der Waals surface area contributed by atoms with Crippen LogP contribution in [0.25, 0.3) is 10.8 Å². The van der Waals surface area contributed by atoms with E-state index in [0.29, 0.717) is 22.7 Å². The van der Waals surface area contributed by atoms with Crippen molar-refractivity contribution < 1.29 is 19.1 Å². The number of benzene rings is 3. The van der Waals surface area contributed by atoms with Crippen molar-refractivity contribution in [2.24, 2.45) is 0 Å². The molecule has 5 rings (SSSR count). The van der Waals surface area contributed by atoms with Crippen LogP contribution < -0.4 is 25.2 Å². The van der Waals surface area contributed by atoms with Gasteiger partial charge in [0.05, 0.1) is 43.2 Å². The second kappa shape index (κ2) is 13.3. The number of anilines is 2. The molecule has 218 valence electrons. The van der Waals surface area contributed by atoms with Crippen LogP contribution >= 0.6 is 28.3 Å². The molecule has 3 aromatic carbocycles. The molecule has 4 aromatic rings. The Labute approximate surface area is 258 Å². The predicted octanol–water partition coefficient (Wildman–Crippen LogP) is 4.71. The highest BCUT2D eigenvalue weighted by molar-refractivity contribution is 9.10. The summed E-state index contributed by atoms with van der Waals surface area (Å²) in [6.45, 7) is 1.81. The van der Waals surface area contributed by atoms with Gasteiger partial charge in [0, 0.05) is 22.4 Å². The number of carbonyl (C=O) groups is 3. The van der Waals surface area contributed by atoms with Crippen LogP contribution in [-0.2, 0) is 16.1 Å². The summed E-state index contributed by atoms with van der Waals surface area (Å²) in [6.07, 6.45) is 3.09. The zero-order chi connectivity index (χ0) is 29.1. The largest absolute Gasteiger partial charge is 0.496 e. The Bertz CT molecular complexity index is 1620. The number of pyridine rings is 1. The third kappa shape index (κ3) is 6.11. The van der Waals surface area contributed by atoms with Gasteiger partial charge in [-0.15, -0.1) is 12.4 Å². The van der Waals surface area contributed by atoms with Crippen molar-refractivity contribution in [2.45, 2.75) is 25.6 Å². The molecule has 2 N–H and O–H groups in total. The van der Waals surface area contributed by atoms with Gasteiger partial charge in [0.25, 0.3) is 11.8 Å². The monoisotopic (exact) mass is 651 g/mol. The van der Waals surface area contributed by atoms with Crippen LogP contribution in [0.2, 0.25) is 0 Å². The molecule has 1 aliphatic heterocycles. The Morgan fingerprint density at radius 2 is 1.86 bits per heavy atom. The van der Waals surface area contributed by atoms with Gasteiger partial charge >= 0.3 is 0 Å². The van der Waals surface area contributed by atoms with Crippen molar-refractivity contribution >= 4 is 68.2 Å². The van der Waals surface area contributed by atoms with E-state index in [1.807, 2.05) is 54.6 Å². The van der Waals surface area contributed by atoms with Crippen LogP contribution in [0.5, 0.6) is 5.75 Å². The van der Waals surface area contributed by atoms with Gasteiger partial charge in [-0.3, -0.25) is 19.4 Å². The van der Waals surface area contributed by atoms with Crippen LogP contribution in [0.1, 0.15) is 22.8 Å². The van der Waals surface area contributed by atoms with Crippen molar-refractivity contribution in [1.82, 2.24) is 15.6 Å². The summed E-state index contributed by atoms with van der Waals surface area (Å²) in [5.41, 5.74) is 2.28. The summed E-state index contributed by atoms with van der Waals surface area (Å²) in [5.74, 6) is -0.388. The standard InChI is InChI=1S/C31H30BrN5O4.ClH/c1-19(33-2)29(38)35-25-18-37(30(39)21-7-6-14-34-16-21)27-9-5-4-8-26(27)36(31(25)40)17-24-23-12-11-22(32)15-20(23)10-13-28(24)41-3;/h4-16,19,25,33H,17-18H2,1-3H3,(H,35,38);1H. The summed E-state index contributed by atoms with van der Waals surface area (Å²) in [6, 6.07) is 18.9. The molecule has 0 radical (unpaired) electrons. The first-order valence-electron chi connectivity index (χ1n) is 13.2. The zero-order valence-corrected chi connectivity index (χ0v) is 25.7. The number of hydrogen-bond acceptors (Lipinski definition) is 6. The van der Waals surface area contributed by atoms with Crippen LogP contribution in [0.15, 0.2) is 83.6 Å². The normalized spacial score (nSPS) is 15.3. The molecule has 2 heterocycles. The predicted molar refractivity (Wildman–Crippen MR) is 169 cm³/mol. The number of methoxy groups -OCH3 is 1. The molecular formula is C31H31BrClN5O4. The number of rotatable bonds is 7. The van der Waals surface area contributed by atoms with Crippen molar-refractivity contribution in [3.8, 4) is 5.75 Å². The van der Waals surface area contributed by atoms with E-state index in [4.69, 9.17) is 4.74 Å². The van der Waals surface area contributed by atoms with E-state index in [2.05, 4.69) is 31.5 Å². The fourth-order valence-corrected chi connectivity index (χ4v) is 5.36. The summed E-state index contributed by atoms with van der Waals surface area (Å²) in [7, 11) is 3.27. The quantitative estimate of drug-likeness (QED) is 0.300. The third-order valence-electron chi connectivity index (χ3n) is 7.28. The van der Waals surface area contributed by atoms with Gasteiger partial charge in [0.2, 0.25) is 5.91 Å². The smallest absolute Gasteiger partial charge is 0.259 e. The number of fused-ring (bicyclic) bond motifs is 2. The number of para-hydroxylation sites is 2. The lowest BCUT2D eigenvalue weighted by Crippen LogP contribution is -2.55. The van der Waals surface area contributed by atoms with Crippen molar-refractivity contribution in [1.29, 1.82) is 0 Å². The first-order chi connectivity index (χ1) is 19.8. The summed E-state index contributed by atoms with van der Waals surface area (Å²) in [4.78, 5) is 48.4. The van der Waals surface area contributed by atoms with Gasteiger partial charge in [-0.2, -0.15) is 0 Å². The van der Waals surface area contributed by atoms with E-state index in [9.17, 15) is 14.4 Å². The van der Waals surface area contributed by atoms with Gasteiger partial charge in [-0.1, -0.05) is 40.2 Å². The maximum absolute atomic E-state index is 14.3. The van der Waals surface area contributed by atoms with Crippen LogP contribution in [0.3, 0.4) is 0 Å². The third-order valence-corrected chi connectivity index (χ3v) is 7.77. The van der Waals surface area contributed by atoms with E-state index in [-0.39, 0.29) is 43.2 Å². The van der Waals surface area contributed by atoms with E-state index >= 15 is 0 Å². The summed E-state index contributed by atoms with van der Waals surface area (Å²) >= 11 is 3.54. The molecule has 0 aliphatic carbocycles. The molecule has 42 heavy (non-hydrogen) atoms. The number of carbonyl (C=O) groups excluding carboxylic acids is 3. The highest BCUT2D eigenvalue weighted by Gasteiger charge is 2.38. The van der Waals surface area contributed by atoms with Crippen molar-refractivity contribution in [2.75, 3.05) is 30.5 Å². The molecule has 9 nitrogen and oxygen atoms in total. The number of aromatic nitrogens is 1. The molecule has 1 aliphatic rings. The molecule has 0 fully saturated rings. The molecule has 3 amide bonds. The fraction of sp³-hybridized carbons (Fsp3) is 0.226. The number of nitrogens with zero attached hydrogens (tertiary/aromatic N) is 3. The maximum Gasteiger partial charge on any atom is 0.259 e. The summed E-state index contributed by atoms with van der Waals surface area (Å²) in [5, 5.41) is 7.69. The lowest BCUT2D eigenvalue weighted by molar-refractivity contribution is -0.128. The number of halogens is 2. The number of amides is 3. The summed E-state index contributed by atoms with van der Waals surface area (Å²) < 4.78 is 6.67. The SMILES string of the molecule is CNC(C)C(=O)NC1CN(C(=O)c2cccnc2)c2ccccc2N(Cc2c(OC)ccc3cc(Br)ccc23)C1=O.Cl. The Morgan fingerprint density at radius 3 is 2.55 bits per heavy atom. The Kier molecular flexibility index (Phi) is 9.82. The van der Waals surface area contributed by atoms with Gasteiger partial charge in [0.1, 0.15) is 11.8 Å². The molecular weight excluding hydrogens is 622 g/mol. The van der Waals surface area contributed by atoms with E-state index < -0.39 is 12.1 Å². The number of likely N-dealkylation sites (N-methyl/N-ethyl adjacent to an activating group) is 1. The minimum absolute atomic E-state index is 0.